The Labute approximate surface area is 135 Å². The summed E-state index contributed by atoms with van der Waals surface area (Å²) in [6.07, 6.45) is 2.14. The summed E-state index contributed by atoms with van der Waals surface area (Å²) in [6, 6.07) is 7.30. The molecule has 0 spiro atoms. The highest BCUT2D eigenvalue weighted by Gasteiger charge is 2.15. The molecule has 0 saturated carbocycles. The van der Waals surface area contributed by atoms with E-state index in [9.17, 15) is 4.79 Å². The average molecular weight is 358 g/mol. The number of hydrogen-bond donors (Lipinski definition) is 0. The van der Waals surface area contributed by atoms with Crippen LogP contribution in [0.15, 0.2) is 24.3 Å². The van der Waals surface area contributed by atoms with Crippen LogP contribution < -0.4 is 4.74 Å². The zero-order valence-corrected chi connectivity index (χ0v) is 14.6. The zero-order valence-electron chi connectivity index (χ0n) is 13.0. The molecule has 0 N–H and O–H groups in total. The van der Waals surface area contributed by atoms with Crippen molar-refractivity contribution < 1.29 is 14.3 Å². The van der Waals surface area contributed by atoms with E-state index in [0.717, 1.165) is 18.6 Å². The summed E-state index contributed by atoms with van der Waals surface area (Å²) in [5, 5.41) is 0. The van der Waals surface area contributed by atoms with Crippen molar-refractivity contribution in [2.24, 2.45) is 0 Å². The highest BCUT2D eigenvalue weighted by atomic mass is 79.9. The molecule has 1 aromatic carbocycles. The number of ether oxygens (including phenoxy) is 2. The predicted molar refractivity (Wildman–Crippen MR) is 88.4 cm³/mol. The van der Waals surface area contributed by atoms with Crippen LogP contribution in [0.25, 0.3) is 0 Å². The number of alkyl halides is 1. The topological polar surface area (TPSA) is 38.8 Å². The average Bonchev–Trinajstić information content (AvgIpc) is 2.47. The van der Waals surface area contributed by atoms with Gasteiger partial charge in [-0.25, -0.2) is 0 Å². The van der Waals surface area contributed by atoms with Gasteiger partial charge in [-0.15, -0.1) is 0 Å². The highest BCUT2D eigenvalue weighted by Crippen LogP contribution is 2.14. The zero-order chi connectivity index (χ0) is 15.7. The smallest absolute Gasteiger partial charge is 0.253 e. The van der Waals surface area contributed by atoms with E-state index in [0.29, 0.717) is 25.3 Å². The van der Waals surface area contributed by atoms with Gasteiger partial charge in [-0.1, -0.05) is 29.3 Å². The minimum atomic E-state index is -0.00402. The highest BCUT2D eigenvalue weighted by molar-refractivity contribution is 9.09. The first-order valence-corrected chi connectivity index (χ1v) is 8.11. The van der Waals surface area contributed by atoms with Crippen LogP contribution in [0.3, 0.4) is 0 Å². The summed E-state index contributed by atoms with van der Waals surface area (Å²) >= 11 is 3.49. The molecular weight excluding hydrogens is 334 g/mol. The number of rotatable bonds is 9. The van der Waals surface area contributed by atoms with E-state index in [-0.39, 0.29) is 10.7 Å². The summed E-state index contributed by atoms with van der Waals surface area (Å²) in [5.41, 5.74) is 0.664. The molecule has 0 radical (unpaired) electrons. The third kappa shape index (κ3) is 6.48. The molecule has 1 aromatic rings. The molecule has 0 aliphatic rings. The Kier molecular flexibility index (Phi) is 8.38. The molecule has 0 aliphatic carbocycles. The van der Waals surface area contributed by atoms with Crippen molar-refractivity contribution in [3.8, 4) is 5.75 Å². The quantitative estimate of drug-likeness (QED) is 0.502. The number of methoxy groups -OCH3 is 1. The summed E-state index contributed by atoms with van der Waals surface area (Å²) in [5.74, 6) is 0.802. The second-order valence-corrected chi connectivity index (χ2v) is 6.26. The fourth-order valence-corrected chi connectivity index (χ4v) is 2.56. The fraction of sp³-hybridized carbons (Fsp3) is 0.562. The van der Waals surface area contributed by atoms with E-state index in [1.54, 1.807) is 31.2 Å². The number of hydrogen-bond acceptors (Lipinski definition) is 3. The third-order valence-corrected chi connectivity index (χ3v) is 3.59. The lowest BCUT2D eigenvalue weighted by Gasteiger charge is -2.20. The van der Waals surface area contributed by atoms with Gasteiger partial charge in [0.1, 0.15) is 5.75 Å². The summed E-state index contributed by atoms with van der Waals surface area (Å²) in [6.45, 7) is 4.01. The monoisotopic (exact) mass is 357 g/mol. The van der Waals surface area contributed by atoms with E-state index in [4.69, 9.17) is 9.47 Å². The molecular formula is C16H24BrNO3. The Balaban J connectivity index is 2.53. The van der Waals surface area contributed by atoms with Gasteiger partial charge < -0.3 is 14.4 Å². The minimum Gasteiger partial charge on any atom is -0.494 e. The second kappa shape index (κ2) is 9.79. The first-order valence-electron chi connectivity index (χ1n) is 7.19. The van der Waals surface area contributed by atoms with Crippen molar-refractivity contribution in [3.05, 3.63) is 29.8 Å². The van der Waals surface area contributed by atoms with Gasteiger partial charge in [0.2, 0.25) is 0 Å². The SMILES string of the molecule is CCCCOc1ccc(C(=O)N(C)CC(Br)COC)cc1. The van der Waals surface area contributed by atoms with E-state index < -0.39 is 0 Å². The van der Waals surface area contributed by atoms with Crippen molar-refractivity contribution in [3.63, 3.8) is 0 Å². The van der Waals surface area contributed by atoms with Gasteiger partial charge >= 0.3 is 0 Å². The fourth-order valence-electron chi connectivity index (χ4n) is 1.86. The molecule has 0 heterocycles. The molecule has 0 fully saturated rings. The maximum absolute atomic E-state index is 12.3. The van der Waals surface area contributed by atoms with E-state index >= 15 is 0 Å². The normalized spacial score (nSPS) is 12.0. The Morgan fingerprint density at radius 1 is 1.33 bits per heavy atom. The molecule has 4 nitrogen and oxygen atoms in total. The molecule has 0 aromatic heterocycles. The summed E-state index contributed by atoms with van der Waals surface area (Å²) < 4.78 is 10.6. The van der Waals surface area contributed by atoms with Crippen molar-refractivity contribution >= 4 is 21.8 Å². The number of benzene rings is 1. The molecule has 1 unspecified atom stereocenters. The molecule has 118 valence electrons. The molecule has 5 heteroatoms. The first-order chi connectivity index (χ1) is 10.1. The van der Waals surface area contributed by atoms with Crippen molar-refractivity contribution in [1.82, 2.24) is 4.90 Å². The maximum atomic E-state index is 12.3. The Morgan fingerprint density at radius 2 is 2.00 bits per heavy atom. The first kappa shape index (κ1) is 18.0. The number of halogens is 1. The molecule has 1 rings (SSSR count). The van der Waals surface area contributed by atoms with Crippen LogP contribution in [0.2, 0.25) is 0 Å². The van der Waals surface area contributed by atoms with Gasteiger partial charge in [-0.3, -0.25) is 4.79 Å². The standard InChI is InChI=1S/C16H24BrNO3/c1-4-5-10-21-15-8-6-13(7-9-15)16(19)18(2)11-14(17)12-20-3/h6-9,14H,4-5,10-12H2,1-3H3. The van der Waals surface area contributed by atoms with Crippen molar-refractivity contribution in [2.45, 2.75) is 24.6 Å². The number of amides is 1. The largest absolute Gasteiger partial charge is 0.494 e. The van der Waals surface area contributed by atoms with Crippen LogP contribution in [-0.2, 0) is 4.74 Å². The van der Waals surface area contributed by atoms with Crippen LogP contribution in [0, 0.1) is 0 Å². The van der Waals surface area contributed by atoms with Crippen LogP contribution in [0.4, 0.5) is 0 Å². The lowest BCUT2D eigenvalue weighted by molar-refractivity contribution is 0.0784. The molecule has 0 aliphatic heterocycles. The molecule has 0 saturated heterocycles. The molecule has 1 amide bonds. The summed E-state index contributed by atoms with van der Waals surface area (Å²) in [4.78, 5) is 14.1. The third-order valence-electron chi connectivity index (χ3n) is 3.03. The van der Waals surface area contributed by atoms with Crippen LogP contribution in [-0.4, -0.2) is 49.6 Å². The van der Waals surface area contributed by atoms with Crippen molar-refractivity contribution in [1.29, 1.82) is 0 Å². The lowest BCUT2D eigenvalue weighted by Crippen LogP contribution is -2.33. The summed E-state index contributed by atoms with van der Waals surface area (Å²) in [7, 11) is 3.44. The maximum Gasteiger partial charge on any atom is 0.253 e. The van der Waals surface area contributed by atoms with Gasteiger partial charge in [-0.05, 0) is 30.7 Å². The van der Waals surface area contributed by atoms with E-state index in [2.05, 4.69) is 22.9 Å². The van der Waals surface area contributed by atoms with Gasteiger partial charge in [0.15, 0.2) is 0 Å². The Hall–Kier alpha value is -1.07. The van der Waals surface area contributed by atoms with Gasteiger partial charge in [0.25, 0.3) is 5.91 Å². The van der Waals surface area contributed by atoms with Gasteiger partial charge in [0.05, 0.1) is 18.0 Å². The van der Waals surface area contributed by atoms with Gasteiger partial charge in [-0.2, -0.15) is 0 Å². The van der Waals surface area contributed by atoms with Crippen molar-refractivity contribution in [2.75, 3.05) is 33.9 Å². The minimum absolute atomic E-state index is 0.00402. The Bertz CT molecular complexity index is 422. The molecule has 0 bridgehead atoms. The second-order valence-electron chi connectivity index (χ2n) is 4.96. The number of carbonyl (C=O) groups is 1. The van der Waals surface area contributed by atoms with E-state index in [1.165, 1.54) is 0 Å². The lowest BCUT2D eigenvalue weighted by atomic mass is 10.2. The predicted octanol–water partition coefficient (Wildman–Crippen LogP) is 3.35. The molecule has 21 heavy (non-hydrogen) atoms. The van der Waals surface area contributed by atoms with Gasteiger partial charge in [0, 0.05) is 26.3 Å². The Morgan fingerprint density at radius 3 is 2.57 bits per heavy atom. The van der Waals surface area contributed by atoms with E-state index in [1.807, 2.05) is 12.1 Å². The number of carbonyl (C=O) groups excluding carboxylic acids is 1. The molecule has 1 atom stereocenters. The number of nitrogens with zero attached hydrogens (tertiary/aromatic N) is 1. The van der Waals surface area contributed by atoms with Crippen LogP contribution in [0.5, 0.6) is 5.75 Å². The number of unbranched alkanes of at least 4 members (excludes halogenated alkanes) is 1. The van der Waals surface area contributed by atoms with Crippen LogP contribution >= 0.6 is 15.9 Å². The van der Waals surface area contributed by atoms with Crippen LogP contribution in [0.1, 0.15) is 30.1 Å².